The van der Waals surface area contributed by atoms with E-state index in [4.69, 9.17) is 4.74 Å². The summed E-state index contributed by atoms with van der Waals surface area (Å²) in [6.07, 6.45) is 4.03. The minimum Gasteiger partial charge on any atom is -0.494 e. The molecule has 3 aromatic rings. The van der Waals surface area contributed by atoms with Crippen LogP contribution in [-0.2, 0) is 21.2 Å². The summed E-state index contributed by atoms with van der Waals surface area (Å²) in [5, 5.41) is 12.5. The van der Waals surface area contributed by atoms with Gasteiger partial charge in [0.1, 0.15) is 11.6 Å². The number of hydrogen-bond donors (Lipinski definition) is 3. The van der Waals surface area contributed by atoms with Crippen molar-refractivity contribution in [2.45, 2.75) is 43.0 Å². The average Bonchev–Trinajstić information content (AvgIpc) is 2.85. The Morgan fingerprint density at radius 1 is 1.00 bits per heavy atom. The van der Waals surface area contributed by atoms with Crippen LogP contribution >= 0.6 is 0 Å². The van der Waals surface area contributed by atoms with E-state index in [0.717, 1.165) is 30.8 Å². The lowest BCUT2D eigenvalue weighted by Gasteiger charge is -2.17. The Balaban J connectivity index is 1.50. The predicted octanol–water partition coefficient (Wildman–Crippen LogP) is 4.11. The minimum atomic E-state index is -3.91. The van der Waals surface area contributed by atoms with E-state index in [1.165, 1.54) is 12.1 Å². The van der Waals surface area contributed by atoms with Crippen LogP contribution in [0.4, 0.5) is 5.82 Å². The van der Waals surface area contributed by atoms with Gasteiger partial charge in [-0.2, -0.15) is 0 Å². The molecule has 2 aromatic carbocycles. The van der Waals surface area contributed by atoms with Gasteiger partial charge < -0.3 is 15.2 Å². The number of unbranched alkanes of at least 4 members (excludes halogenated alkanes) is 1. The van der Waals surface area contributed by atoms with Gasteiger partial charge in [0.2, 0.25) is 10.0 Å². The molecule has 1 heterocycles. The zero-order valence-electron chi connectivity index (χ0n) is 19.5. The normalized spacial score (nSPS) is 12.1. The molecule has 0 aliphatic carbocycles. The number of hydrogen-bond acceptors (Lipinski definition) is 6. The van der Waals surface area contributed by atoms with Crippen molar-refractivity contribution in [2.75, 3.05) is 18.5 Å². The number of rotatable bonds is 15. The van der Waals surface area contributed by atoms with Gasteiger partial charge in [0.05, 0.1) is 17.9 Å². The molecule has 186 valence electrons. The van der Waals surface area contributed by atoms with E-state index in [1.54, 1.807) is 18.3 Å². The molecule has 3 rings (SSSR count). The van der Waals surface area contributed by atoms with Crippen molar-refractivity contribution in [2.24, 2.45) is 0 Å². The Morgan fingerprint density at radius 3 is 2.54 bits per heavy atom. The fourth-order valence-corrected chi connectivity index (χ4v) is 4.82. The summed E-state index contributed by atoms with van der Waals surface area (Å²) in [6, 6.07) is 20.8. The Hall–Kier alpha value is -3.43. The zero-order valence-corrected chi connectivity index (χ0v) is 20.3. The summed E-state index contributed by atoms with van der Waals surface area (Å²) in [6.45, 7) is 1.20. The second kappa shape index (κ2) is 13.5. The van der Waals surface area contributed by atoms with Crippen molar-refractivity contribution < 1.29 is 23.1 Å². The van der Waals surface area contributed by atoms with Crippen molar-refractivity contribution in [3.8, 4) is 5.75 Å². The molecule has 35 heavy (non-hydrogen) atoms. The highest BCUT2D eigenvalue weighted by atomic mass is 32.2. The largest absolute Gasteiger partial charge is 0.494 e. The van der Waals surface area contributed by atoms with Gasteiger partial charge in [-0.1, -0.05) is 42.5 Å². The first-order valence-electron chi connectivity index (χ1n) is 11.6. The second-order valence-corrected chi connectivity index (χ2v) is 9.83. The van der Waals surface area contributed by atoms with E-state index >= 15 is 0 Å². The van der Waals surface area contributed by atoms with E-state index in [1.807, 2.05) is 48.5 Å². The fourth-order valence-electron chi connectivity index (χ4n) is 3.52. The number of benzene rings is 2. The number of pyridine rings is 1. The molecule has 0 aliphatic heterocycles. The Morgan fingerprint density at radius 2 is 1.80 bits per heavy atom. The quantitative estimate of drug-likeness (QED) is 0.271. The standard InChI is InChI=1S/C26H31N3O5S/c30-26(31)19-22(15-14-21-9-2-1-3-10-21)29-35(32,33)24-12-8-11-23(20-24)34-18-7-6-17-28-25-13-4-5-16-27-25/h1-5,8-13,16,20,22,29H,6-7,14-15,17-19H2,(H,27,28)(H,30,31). The van der Waals surface area contributed by atoms with Gasteiger partial charge >= 0.3 is 5.97 Å². The molecule has 0 saturated heterocycles. The topological polar surface area (TPSA) is 118 Å². The number of sulfonamides is 1. The molecule has 1 atom stereocenters. The number of aryl methyl sites for hydroxylation is 1. The van der Waals surface area contributed by atoms with E-state index in [2.05, 4.69) is 15.0 Å². The first-order valence-corrected chi connectivity index (χ1v) is 13.1. The Kier molecular flexibility index (Phi) is 10.1. The van der Waals surface area contributed by atoms with Crippen molar-refractivity contribution in [1.82, 2.24) is 9.71 Å². The van der Waals surface area contributed by atoms with Crippen molar-refractivity contribution in [3.05, 3.63) is 84.6 Å². The summed E-state index contributed by atoms with van der Waals surface area (Å²) in [7, 11) is -3.91. The summed E-state index contributed by atoms with van der Waals surface area (Å²) < 4.78 is 34.2. The Labute approximate surface area is 206 Å². The molecule has 0 bridgehead atoms. The number of ether oxygens (including phenoxy) is 1. The number of anilines is 1. The van der Waals surface area contributed by atoms with Gasteiger partial charge in [0, 0.05) is 24.8 Å². The van der Waals surface area contributed by atoms with Gasteiger partial charge in [-0.15, -0.1) is 0 Å². The number of aliphatic carboxylic acids is 1. The first kappa shape index (κ1) is 26.2. The maximum absolute atomic E-state index is 13.0. The van der Waals surface area contributed by atoms with Crippen LogP contribution in [-0.4, -0.2) is 43.7 Å². The third kappa shape index (κ3) is 9.38. The SMILES string of the molecule is O=C(O)CC(CCc1ccccc1)NS(=O)(=O)c1cccc(OCCCCNc2ccccn2)c1. The van der Waals surface area contributed by atoms with Gasteiger partial charge in [0.15, 0.2) is 0 Å². The minimum absolute atomic E-state index is 0.0434. The van der Waals surface area contributed by atoms with Crippen molar-refractivity contribution in [3.63, 3.8) is 0 Å². The molecule has 8 nitrogen and oxygen atoms in total. The van der Waals surface area contributed by atoms with Crippen LogP contribution in [0, 0.1) is 0 Å². The molecule has 9 heteroatoms. The molecule has 1 unspecified atom stereocenters. The van der Waals surface area contributed by atoms with E-state index in [-0.39, 0.29) is 11.3 Å². The summed E-state index contributed by atoms with van der Waals surface area (Å²) in [5.41, 5.74) is 1.02. The van der Waals surface area contributed by atoms with Crippen LogP contribution in [0.25, 0.3) is 0 Å². The monoisotopic (exact) mass is 497 g/mol. The smallest absolute Gasteiger partial charge is 0.304 e. The van der Waals surface area contributed by atoms with Crippen LogP contribution in [0.1, 0.15) is 31.2 Å². The van der Waals surface area contributed by atoms with Gasteiger partial charge in [-0.3, -0.25) is 4.79 Å². The average molecular weight is 498 g/mol. The molecular formula is C26H31N3O5S. The highest BCUT2D eigenvalue weighted by Gasteiger charge is 2.22. The molecule has 3 N–H and O–H groups in total. The highest BCUT2D eigenvalue weighted by molar-refractivity contribution is 7.89. The molecule has 1 aromatic heterocycles. The molecule has 0 spiro atoms. The van der Waals surface area contributed by atoms with Crippen LogP contribution in [0.15, 0.2) is 83.9 Å². The lowest BCUT2D eigenvalue weighted by atomic mass is 10.0. The maximum atomic E-state index is 13.0. The number of aromatic nitrogens is 1. The lowest BCUT2D eigenvalue weighted by molar-refractivity contribution is -0.137. The third-order valence-electron chi connectivity index (χ3n) is 5.29. The first-order chi connectivity index (χ1) is 16.9. The molecule has 0 aliphatic rings. The fraction of sp³-hybridized carbons (Fsp3) is 0.308. The van der Waals surface area contributed by atoms with Gasteiger partial charge in [0.25, 0.3) is 0 Å². The summed E-state index contributed by atoms with van der Waals surface area (Å²) >= 11 is 0. The number of carbonyl (C=O) groups is 1. The van der Waals surface area contributed by atoms with Crippen LogP contribution in [0.3, 0.4) is 0 Å². The molecule has 0 fully saturated rings. The summed E-state index contributed by atoms with van der Waals surface area (Å²) in [5.74, 6) is 0.216. The van der Waals surface area contributed by atoms with Crippen LogP contribution < -0.4 is 14.8 Å². The number of carboxylic acid groups (broad SMARTS) is 1. The number of nitrogens with one attached hydrogen (secondary N) is 2. The summed E-state index contributed by atoms with van der Waals surface area (Å²) in [4.78, 5) is 15.6. The zero-order chi connectivity index (χ0) is 24.9. The third-order valence-corrected chi connectivity index (χ3v) is 6.81. The van der Waals surface area contributed by atoms with Crippen LogP contribution in [0.5, 0.6) is 5.75 Å². The van der Waals surface area contributed by atoms with Gasteiger partial charge in [-0.25, -0.2) is 18.1 Å². The van der Waals surface area contributed by atoms with Crippen molar-refractivity contribution in [1.29, 1.82) is 0 Å². The lowest BCUT2D eigenvalue weighted by Crippen LogP contribution is -2.36. The maximum Gasteiger partial charge on any atom is 0.304 e. The highest BCUT2D eigenvalue weighted by Crippen LogP contribution is 2.19. The number of carboxylic acids is 1. The van der Waals surface area contributed by atoms with E-state index in [9.17, 15) is 18.3 Å². The van der Waals surface area contributed by atoms with Gasteiger partial charge in [-0.05, 0) is 55.5 Å². The van der Waals surface area contributed by atoms with E-state index < -0.39 is 22.0 Å². The molecular weight excluding hydrogens is 466 g/mol. The van der Waals surface area contributed by atoms with Crippen LogP contribution in [0.2, 0.25) is 0 Å². The number of nitrogens with zero attached hydrogens (tertiary/aromatic N) is 1. The Bertz CT molecular complexity index is 1160. The molecule has 0 radical (unpaired) electrons. The predicted molar refractivity (Wildman–Crippen MR) is 135 cm³/mol. The molecule has 0 amide bonds. The second-order valence-electron chi connectivity index (χ2n) is 8.11. The molecule has 0 saturated carbocycles. The van der Waals surface area contributed by atoms with Crippen molar-refractivity contribution >= 4 is 21.8 Å². The van der Waals surface area contributed by atoms with E-state index in [0.29, 0.717) is 25.2 Å².